The Bertz CT molecular complexity index is 81.8. The van der Waals surface area contributed by atoms with E-state index >= 15 is 0 Å². The first-order valence-corrected chi connectivity index (χ1v) is 2.21. The maximum atomic E-state index is 4.96. The van der Waals surface area contributed by atoms with Crippen molar-refractivity contribution in [3.05, 3.63) is 0 Å². The van der Waals surface area contributed by atoms with E-state index in [4.69, 9.17) is 4.74 Å². The maximum absolute atomic E-state index is 4.96. The van der Waals surface area contributed by atoms with Crippen LogP contribution in [0.1, 0.15) is 0 Å². The van der Waals surface area contributed by atoms with Crippen molar-refractivity contribution < 1.29 is 4.74 Å². The van der Waals surface area contributed by atoms with E-state index in [-0.39, 0.29) is 0 Å². The highest BCUT2D eigenvalue weighted by molar-refractivity contribution is 5.58. The summed E-state index contributed by atoms with van der Waals surface area (Å²) in [5, 5.41) is 5.65. The minimum atomic E-state index is 0.622. The van der Waals surface area contributed by atoms with Gasteiger partial charge in [-0.2, -0.15) is 5.10 Å². The molecule has 0 aromatic heterocycles. The Labute approximate surface area is 42.6 Å². The molecule has 7 heavy (non-hydrogen) atoms. The van der Waals surface area contributed by atoms with Crippen LogP contribution in [-0.4, -0.2) is 31.6 Å². The van der Waals surface area contributed by atoms with Crippen LogP contribution < -0.4 is 0 Å². The van der Waals surface area contributed by atoms with E-state index in [0.29, 0.717) is 13.3 Å². The molecule has 0 bridgehead atoms. The average Bonchev–Trinajstić information content (AvgIpc) is 1.69. The van der Waals surface area contributed by atoms with Crippen molar-refractivity contribution in [1.29, 1.82) is 0 Å². The molecule has 0 atom stereocenters. The van der Waals surface area contributed by atoms with Crippen molar-refractivity contribution >= 4 is 6.21 Å². The minimum absolute atomic E-state index is 0.622. The Balaban J connectivity index is 2.36. The molecular formula is C4H8N2O. The third-order valence-electron chi connectivity index (χ3n) is 0.749. The van der Waals surface area contributed by atoms with Gasteiger partial charge < -0.3 is 4.74 Å². The number of hydrogen-bond acceptors (Lipinski definition) is 3. The van der Waals surface area contributed by atoms with Crippen LogP contribution in [0.15, 0.2) is 5.10 Å². The van der Waals surface area contributed by atoms with Crippen LogP contribution in [0.5, 0.6) is 0 Å². The Morgan fingerprint density at radius 2 is 2.71 bits per heavy atom. The second kappa shape index (κ2) is 1.93. The van der Waals surface area contributed by atoms with Gasteiger partial charge in [0.1, 0.15) is 6.73 Å². The highest BCUT2D eigenvalue weighted by Crippen LogP contribution is 1.87. The highest BCUT2D eigenvalue weighted by Gasteiger charge is 1.94. The second-order valence-corrected chi connectivity index (χ2v) is 1.46. The molecule has 1 rings (SSSR count). The van der Waals surface area contributed by atoms with Crippen LogP contribution in [0, 0.1) is 0 Å². The van der Waals surface area contributed by atoms with Crippen molar-refractivity contribution in [2.45, 2.75) is 0 Å². The van der Waals surface area contributed by atoms with E-state index in [1.54, 1.807) is 11.2 Å². The quantitative estimate of drug-likeness (QED) is 0.424. The fourth-order valence-electron chi connectivity index (χ4n) is 0.444. The summed E-state index contributed by atoms with van der Waals surface area (Å²) in [6.07, 6.45) is 1.74. The molecule has 0 aliphatic carbocycles. The van der Waals surface area contributed by atoms with Crippen molar-refractivity contribution in [2.24, 2.45) is 5.10 Å². The normalized spacial score (nSPS) is 20.4. The van der Waals surface area contributed by atoms with Gasteiger partial charge in [0.15, 0.2) is 0 Å². The summed E-state index contributed by atoms with van der Waals surface area (Å²) in [4.78, 5) is 0. The van der Waals surface area contributed by atoms with Gasteiger partial charge in [0.05, 0.1) is 12.8 Å². The Morgan fingerprint density at radius 1 is 1.86 bits per heavy atom. The molecule has 0 spiro atoms. The Morgan fingerprint density at radius 3 is 3.00 bits per heavy atom. The van der Waals surface area contributed by atoms with Crippen LogP contribution in [0.3, 0.4) is 0 Å². The predicted octanol–water partition coefficient (Wildman–Crippen LogP) is -0.108. The van der Waals surface area contributed by atoms with Gasteiger partial charge >= 0.3 is 0 Å². The first-order valence-electron chi connectivity index (χ1n) is 2.21. The molecule has 0 radical (unpaired) electrons. The molecule has 0 amide bonds. The van der Waals surface area contributed by atoms with E-state index in [9.17, 15) is 0 Å². The second-order valence-electron chi connectivity index (χ2n) is 1.46. The highest BCUT2D eigenvalue weighted by atomic mass is 16.5. The molecule has 0 aromatic carbocycles. The molecule has 0 unspecified atom stereocenters. The average molecular weight is 100 g/mol. The van der Waals surface area contributed by atoms with E-state index in [0.717, 1.165) is 0 Å². The molecule has 3 heteroatoms. The number of ether oxygens (including phenoxy) is 1. The summed E-state index contributed by atoms with van der Waals surface area (Å²) in [6, 6.07) is 0. The molecule has 1 heterocycles. The zero-order valence-electron chi connectivity index (χ0n) is 4.29. The lowest BCUT2D eigenvalue weighted by molar-refractivity contribution is 0.0541. The lowest BCUT2D eigenvalue weighted by Gasteiger charge is -2.15. The summed E-state index contributed by atoms with van der Waals surface area (Å²) in [5.41, 5.74) is 0. The monoisotopic (exact) mass is 100 g/mol. The van der Waals surface area contributed by atoms with Crippen LogP contribution in [0.4, 0.5) is 0 Å². The minimum Gasteiger partial charge on any atom is -0.354 e. The van der Waals surface area contributed by atoms with Crippen LogP contribution in [0.25, 0.3) is 0 Å². The van der Waals surface area contributed by atoms with E-state index in [2.05, 4.69) is 5.10 Å². The zero-order chi connectivity index (χ0) is 5.11. The number of rotatable bonds is 0. The molecule has 3 nitrogen and oxygen atoms in total. The summed E-state index contributed by atoms with van der Waals surface area (Å²) < 4.78 is 4.96. The molecule has 40 valence electrons. The van der Waals surface area contributed by atoms with Crippen molar-refractivity contribution in [3.8, 4) is 0 Å². The van der Waals surface area contributed by atoms with Crippen molar-refractivity contribution in [1.82, 2.24) is 5.01 Å². The maximum Gasteiger partial charge on any atom is 0.135 e. The van der Waals surface area contributed by atoms with Gasteiger partial charge in [-0.25, -0.2) is 0 Å². The summed E-state index contributed by atoms with van der Waals surface area (Å²) >= 11 is 0. The van der Waals surface area contributed by atoms with Gasteiger partial charge in [-0.15, -0.1) is 0 Å². The molecule has 1 aliphatic heterocycles. The summed E-state index contributed by atoms with van der Waals surface area (Å²) in [7, 11) is 1.87. The molecule has 0 N–H and O–H groups in total. The molecule has 0 saturated heterocycles. The van der Waals surface area contributed by atoms with Gasteiger partial charge in [0.2, 0.25) is 0 Å². The largest absolute Gasteiger partial charge is 0.354 e. The fraction of sp³-hybridized carbons (Fsp3) is 0.750. The number of nitrogens with zero attached hydrogens (tertiary/aromatic N) is 2. The predicted molar refractivity (Wildman–Crippen MR) is 27.1 cm³/mol. The molecule has 0 aromatic rings. The van der Waals surface area contributed by atoms with E-state index < -0.39 is 0 Å². The molecular weight excluding hydrogens is 92.1 g/mol. The first kappa shape index (κ1) is 4.59. The molecule has 1 aliphatic rings. The third kappa shape index (κ3) is 1.16. The van der Waals surface area contributed by atoms with Gasteiger partial charge in [-0.3, -0.25) is 5.01 Å². The topological polar surface area (TPSA) is 24.8 Å². The third-order valence-corrected chi connectivity index (χ3v) is 0.749. The zero-order valence-corrected chi connectivity index (χ0v) is 4.29. The number of hydrazone groups is 1. The van der Waals surface area contributed by atoms with Crippen LogP contribution >= 0.6 is 0 Å². The Kier molecular flexibility index (Phi) is 1.26. The van der Waals surface area contributed by atoms with E-state index in [1.807, 2.05) is 7.05 Å². The van der Waals surface area contributed by atoms with Crippen molar-refractivity contribution in [3.63, 3.8) is 0 Å². The summed E-state index contributed by atoms with van der Waals surface area (Å²) in [5.74, 6) is 0. The van der Waals surface area contributed by atoms with Gasteiger partial charge in [-0.05, 0) is 0 Å². The standard InChI is InChI=1S/C4H8N2O/c1-6-4-7-3-2-5-6/h2H,3-4H2,1H3. The smallest absolute Gasteiger partial charge is 0.135 e. The molecule has 0 fully saturated rings. The number of hydrogen-bond donors (Lipinski definition) is 0. The SMILES string of the molecule is CN1COCC=N1. The van der Waals surface area contributed by atoms with Gasteiger partial charge in [-0.1, -0.05) is 0 Å². The summed E-state index contributed by atoms with van der Waals surface area (Å²) in [6.45, 7) is 1.28. The molecule has 0 saturated carbocycles. The lowest BCUT2D eigenvalue weighted by atomic mass is 10.8. The van der Waals surface area contributed by atoms with Crippen LogP contribution in [0.2, 0.25) is 0 Å². The first-order chi connectivity index (χ1) is 3.39. The van der Waals surface area contributed by atoms with Gasteiger partial charge in [0, 0.05) is 7.05 Å². The van der Waals surface area contributed by atoms with Crippen LogP contribution in [-0.2, 0) is 4.74 Å². The van der Waals surface area contributed by atoms with E-state index in [1.165, 1.54) is 0 Å². The van der Waals surface area contributed by atoms with Gasteiger partial charge in [0.25, 0.3) is 0 Å². The Hall–Kier alpha value is -0.570. The van der Waals surface area contributed by atoms with Crippen molar-refractivity contribution in [2.75, 3.05) is 20.4 Å². The lowest BCUT2D eigenvalue weighted by Crippen LogP contribution is -2.21. The fourth-order valence-corrected chi connectivity index (χ4v) is 0.444.